The standard InChI is InChI=1S/C16H15N5O3/c1-23-13-7-6-10(16(20-13)24-2)15(22)19-12-9-18-21-14(12)11-5-3-4-8-17-11/h3-9H,1-2H3,(H,18,21)(H,19,22). The highest BCUT2D eigenvalue weighted by molar-refractivity contribution is 6.07. The Bertz CT molecular complexity index is 848. The Morgan fingerprint density at radius 2 is 2.04 bits per heavy atom. The van der Waals surface area contributed by atoms with E-state index in [0.29, 0.717) is 23.0 Å². The van der Waals surface area contributed by atoms with Crippen LogP contribution >= 0.6 is 0 Å². The van der Waals surface area contributed by atoms with E-state index in [2.05, 4.69) is 25.5 Å². The fourth-order valence-corrected chi connectivity index (χ4v) is 2.14. The molecule has 8 nitrogen and oxygen atoms in total. The van der Waals surface area contributed by atoms with Crippen LogP contribution in [0.15, 0.2) is 42.7 Å². The zero-order chi connectivity index (χ0) is 16.9. The summed E-state index contributed by atoms with van der Waals surface area (Å²) in [4.78, 5) is 20.9. The third-order valence-electron chi connectivity index (χ3n) is 3.29. The minimum absolute atomic E-state index is 0.176. The summed E-state index contributed by atoms with van der Waals surface area (Å²) in [6.07, 6.45) is 3.18. The molecule has 0 bridgehead atoms. The van der Waals surface area contributed by atoms with Crippen LogP contribution in [0.5, 0.6) is 11.8 Å². The minimum atomic E-state index is -0.374. The molecule has 0 saturated heterocycles. The molecular weight excluding hydrogens is 310 g/mol. The van der Waals surface area contributed by atoms with Crippen molar-refractivity contribution in [2.24, 2.45) is 0 Å². The number of anilines is 1. The Kier molecular flexibility index (Phi) is 4.37. The highest BCUT2D eigenvalue weighted by atomic mass is 16.5. The number of hydrogen-bond acceptors (Lipinski definition) is 6. The van der Waals surface area contributed by atoms with Gasteiger partial charge in [0.2, 0.25) is 11.8 Å². The summed E-state index contributed by atoms with van der Waals surface area (Å²) in [5.74, 6) is 0.163. The molecule has 0 unspecified atom stereocenters. The van der Waals surface area contributed by atoms with Gasteiger partial charge in [-0.3, -0.25) is 14.9 Å². The van der Waals surface area contributed by atoms with E-state index in [1.165, 1.54) is 20.4 Å². The van der Waals surface area contributed by atoms with Gasteiger partial charge in [-0.1, -0.05) is 6.07 Å². The lowest BCUT2D eigenvalue weighted by atomic mass is 10.2. The molecule has 3 heterocycles. The van der Waals surface area contributed by atoms with Crippen LogP contribution in [0, 0.1) is 0 Å². The maximum Gasteiger partial charge on any atom is 0.261 e. The van der Waals surface area contributed by atoms with Crippen molar-refractivity contribution in [3.63, 3.8) is 0 Å². The summed E-state index contributed by atoms with van der Waals surface area (Å²) in [7, 11) is 2.93. The van der Waals surface area contributed by atoms with Gasteiger partial charge in [0.1, 0.15) is 11.3 Å². The second-order valence-electron chi connectivity index (χ2n) is 4.74. The van der Waals surface area contributed by atoms with Gasteiger partial charge in [-0.15, -0.1) is 0 Å². The number of aromatic amines is 1. The topological polar surface area (TPSA) is 102 Å². The second kappa shape index (κ2) is 6.78. The average molecular weight is 325 g/mol. The van der Waals surface area contributed by atoms with E-state index in [4.69, 9.17) is 9.47 Å². The van der Waals surface area contributed by atoms with E-state index in [0.717, 1.165) is 0 Å². The van der Waals surface area contributed by atoms with Crippen LogP contribution in [0.3, 0.4) is 0 Å². The van der Waals surface area contributed by atoms with Gasteiger partial charge in [0.25, 0.3) is 5.91 Å². The van der Waals surface area contributed by atoms with Gasteiger partial charge in [-0.2, -0.15) is 10.1 Å². The molecular formula is C16H15N5O3. The van der Waals surface area contributed by atoms with Gasteiger partial charge in [-0.25, -0.2) is 0 Å². The van der Waals surface area contributed by atoms with Gasteiger partial charge >= 0.3 is 0 Å². The van der Waals surface area contributed by atoms with Crippen LogP contribution < -0.4 is 14.8 Å². The molecule has 122 valence electrons. The summed E-state index contributed by atoms with van der Waals surface area (Å²) in [5, 5.41) is 9.58. The predicted octanol–water partition coefficient (Wildman–Crippen LogP) is 2.14. The molecule has 1 amide bonds. The molecule has 24 heavy (non-hydrogen) atoms. The van der Waals surface area contributed by atoms with Crippen molar-refractivity contribution in [3.8, 4) is 23.1 Å². The largest absolute Gasteiger partial charge is 0.481 e. The number of rotatable bonds is 5. The average Bonchev–Trinajstić information content (AvgIpc) is 3.09. The zero-order valence-electron chi connectivity index (χ0n) is 13.1. The fourth-order valence-electron chi connectivity index (χ4n) is 2.14. The Hall–Kier alpha value is -3.42. The molecule has 0 fully saturated rings. The predicted molar refractivity (Wildman–Crippen MR) is 87.1 cm³/mol. The lowest BCUT2D eigenvalue weighted by Crippen LogP contribution is -2.14. The smallest absolute Gasteiger partial charge is 0.261 e. The van der Waals surface area contributed by atoms with E-state index < -0.39 is 0 Å². The number of methoxy groups -OCH3 is 2. The number of H-pyrrole nitrogens is 1. The van der Waals surface area contributed by atoms with Crippen LogP contribution in [-0.2, 0) is 0 Å². The molecule has 0 aromatic carbocycles. The van der Waals surface area contributed by atoms with Gasteiger partial charge in [0.15, 0.2) is 0 Å². The number of aromatic nitrogens is 4. The first kappa shape index (κ1) is 15.5. The molecule has 3 aromatic rings. The third-order valence-corrected chi connectivity index (χ3v) is 3.29. The van der Waals surface area contributed by atoms with Crippen LogP contribution in [0.4, 0.5) is 5.69 Å². The molecule has 0 radical (unpaired) electrons. The Morgan fingerprint density at radius 3 is 2.75 bits per heavy atom. The lowest BCUT2D eigenvalue weighted by molar-refractivity contribution is 0.102. The van der Waals surface area contributed by atoms with Crippen LogP contribution in [-0.4, -0.2) is 40.3 Å². The van der Waals surface area contributed by atoms with Crippen molar-refractivity contribution in [2.75, 3.05) is 19.5 Å². The van der Waals surface area contributed by atoms with Crippen molar-refractivity contribution in [3.05, 3.63) is 48.3 Å². The highest BCUT2D eigenvalue weighted by Gasteiger charge is 2.18. The van der Waals surface area contributed by atoms with E-state index in [1.54, 1.807) is 18.3 Å². The highest BCUT2D eigenvalue weighted by Crippen LogP contribution is 2.25. The number of ether oxygens (including phenoxy) is 2. The van der Waals surface area contributed by atoms with Gasteiger partial charge in [0.05, 0.1) is 31.8 Å². The number of nitrogens with one attached hydrogen (secondary N) is 2. The van der Waals surface area contributed by atoms with Crippen molar-refractivity contribution in [1.82, 2.24) is 20.2 Å². The zero-order valence-corrected chi connectivity index (χ0v) is 13.1. The van der Waals surface area contributed by atoms with E-state index in [9.17, 15) is 4.79 Å². The molecule has 0 saturated carbocycles. The number of pyridine rings is 2. The summed E-state index contributed by atoms with van der Waals surface area (Å²) >= 11 is 0. The maximum atomic E-state index is 12.5. The first-order chi connectivity index (χ1) is 11.7. The second-order valence-corrected chi connectivity index (χ2v) is 4.74. The first-order valence-corrected chi connectivity index (χ1v) is 7.08. The van der Waals surface area contributed by atoms with Gasteiger partial charge < -0.3 is 14.8 Å². The van der Waals surface area contributed by atoms with Gasteiger partial charge in [-0.05, 0) is 18.2 Å². The molecule has 3 rings (SSSR count). The minimum Gasteiger partial charge on any atom is -0.481 e. The van der Waals surface area contributed by atoms with Crippen LogP contribution in [0.2, 0.25) is 0 Å². The van der Waals surface area contributed by atoms with E-state index >= 15 is 0 Å². The summed E-state index contributed by atoms with van der Waals surface area (Å²) < 4.78 is 10.2. The normalized spacial score (nSPS) is 10.2. The Balaban J connectivity index is 1.88. The monoisotopic (exact) mass is 325 g/mol. The molecule has 0 aliphatic carbocycles. The molecule has 0 atom stereocenters. The fraction of sp³-hybridized carbons (Fsp3) is 0.125. The number of carbonyl (C=O) groups excluding carboxylic acids is 1. The SMILES string of the molecule is COc1ccc(C(=O)Nc2cn[nH]c2-c2ccccn2)c(OC)n1. The Labute approximate surface area is 137 Å². The number of nitrogens with zero attached hydrogens (tertiary/aromatic N) is 3. The molecule has 8 heteroatoms. The number of carbonyl (C=O) groups is 1. The molecule has 3 aromatic heterocycles. The molecule has 0 aliphatic heterocycles. The molecule has 0 aliphatic rings. The summed E-state index contributed by atoms with van der Waals surface area (Å²) in [6, 6.07) is 8.66. The molecule has 2 N–H and O–H groups in total. The third kappa shape index (κ3) is 3.02. The lowest BCUT2D eigenvalue weighted by Gasteiger charge is -2.09. The maximum absolute atomic E-state index is 12.5. The molecule has 0 spiro atoms. The number of amides is 1. The van der Waals surface area contributed by atoms with Crippen molar-refractivity contribution < 1.29 is 14.3 Å². The number of hydrogen-bond donors (Lipinski definition) is 2. The van der Waals surface area contributed by atoms with Crippen LogP contribution in [0.25, 0.3) is 11.4 Å². The Morgan fingerprint density at radius 1 is 1.17 bits per heavy atom. The summed E-state index contributed by atoms with van der Waals surface area (Å²) in [5.41, 5.74) is 2.08. The van der Waals surface area contributed by atoms with Crippen molar-refractivity contribution >= 4 is 11.6 Å². The van der Waals surface area contributed by atoms with Crippen molar-refractivity contribution in [1.29, 1.82) is 0 Å². The van der Waals surface area contributed by atoms with E-state index in [-0.39, 0.29) is 17.4 Å². The van der Waals surface area contributed by atoms with E-state index in [1.807, 2.05) is 18.2 Å². The first-order valence-electron chi connectivity index (χ1n) is 7.08. The van der Waals surface area contributed by atoms with Crippen molar-refractivity contribution in [2.45, 2.75) is 0 Å². The van der Waals surface area contributed by atoms with Crippen LogP contribution in [0.1, 0.15) is 10.4 Å². The van der Waals surface area contributed by atoms with Gasteiger partial charge in [0, 0.05) is 12.3 Å². The summed E-state index contributed by atoms with van der Waals surface area (Å²) in [6.45, 7) is 0. The quantitative estimate of drug-likeness (QED) is 0.745.